The van der Waals surface area contributed by atoms with Crippen molar-refractivity contribution in [1.82, 2.24) is 15.2 Å². The van der Waals surface area contributed by atoms with Crippen molar-refractivity contribution in [2.24, 2.45) is 5.73 Å². The number of nitrogens with zero attached hydrogens (tertiary/aromatic N) is 3. The number of hydrogen-bond acceptors (Lipinski definition) is 6. The van der Waals surface area contributed by atoms with Crippen LogP contribution in [0.1, 0.15) is 24.8 Å². The van der Waals surface area contributed by atoms with E-state index in [1.165, 1.54) is 0 Å². The molecule has 0 bridgehead atoms. The number of piperidine rings is 1. The number of nitrogens with two attached hydrogens (primary N) is 1. The molecule has 3 rings (SSSR count). The first-order chi connectivity index (χ1) is 8.83. The molecule has 2 saturated heterocycles. The second kappa shape index (κ2) is 5.21. The molecule has 1 atom stereocenters. The second-order valence-electron chi connectivity index (χ2n) is 4.78. The van der Waals surface area contributed by atoms with Crippen LogP contribution in [0.2, 0.25) is 0 Å². The summed E-state index contributed by atoms with van der Waals surface area (Å²) in [5.41, 5.74) is 5.89. The Hall–Kier alpha value is -1.18. The van der Waals surface area contributed by atoms with Crippen LogP contribution >= 0.6 is 0 Å². The molecule has 3 N–H and O–H groups in total. The molecule has 100 valence electrons. The quantitative estimate of drug-likeness (QED) is 0.760. The van der Waals surface area contributed by atoms with Crippen LogP contribution in [0, 0.1) is 0 Å². The van der Waals surface area contributed by atoms with Gasteiger partial charge in [-0.25, -0.2) is 0 Å². The van der Waals surface area contributed by atoms with Crippen LogP contribution in [-0.4, -0.2) is 54.1 Å². The Kier molecular flexibility index (Phi) is 3.44. The molecule has 1 aromatic rings. The van der Waals surface area contributed by atoms with Crippen molar-refractivity contribution in [3.05, 3.63) is 5.82 Å². The largest absolute Gasteiger partial charge is 0.376 e. The van der Waals surface area contributed by atoms with Gasteiger partial charge < -0.3 is 20.1 Å². The normalized spacial score (nSPS) is 26.5. The van der Waals surface area contributed by atoms with Gasteiger partial charge in [0.15, 0.2) is 5.82 Å². The van der Waals surface area contributed by atoms with Gasteiger partial charge in [0.1, 0.15) is 6.10 Å². The van der Waals surface area contributed by atoms with Crippen molar-refractivity contribution < 1.29 is 9.47 Å². The van der Waals surface area contributed by atoms with Gasteiger partial charge in [-0.15, -0.1) is 5.10 Å². The molecule has 7 nitrogen and oxygen atoms in total. The lowest BCUT2D eigenvalue weighted by Gasteiger charge is -2.29. The van der Waals surface area contributed by atoms with Crippen molar-refractivity contribution in [3.8, 4) is 0 Å². The molecule has 2 fully saturated rings. The van der Waals surface area contributed by atoms with Gasteiger partial charge in [0, 0.05) is 19.1 Å². The third-order valence-corrected chi connectivity index (χ3v) is 3.43. The Bertz CT molecular complexity index is 383. The van der Waals surface area contributed by atoms with Crippen LogP contribution in [-0.2, 0) is 9.47 Å². The first-order valence-corrected chi connectivity index (χ1v) is 6.45. The second-order valence-corrected chi connectivity index (χ2v) is 4.78. The molecule has 1 unspecified atom stereocenters. The number of anilines is 1. The zero-order valence-corrected chi connectivity index (χ0v) is 10.3. The van der Waals surface area contributed by atoms with Crippen molar-refractivity contribution in [3.63, 3.8) is 0 Å². The maximum absolute atomic E-state index is 5.89. The lowest BCUT2D eigenvalue weighted by molar-refractivity contribution is -0.0933. The highest BCUT2D eigenvalue weighted by Gasteiger charge is 2.23. The van der Waals surface area contributed by atoms with E-state index in [1.54, 1.807) is 0 Å². The van der Waals surface area contributed by atoms with Gasteiger partial charge in [-0.3, -0.25) is 5.10 Å². The summed E-state index contributed by atoms with van der Waals surface area (Å²) in [5, 5.41) is 7.20. The number of nitrogens with one attached hydrogen (secondary N) is 1. The van der Waals surface area contributed by atoms with E-state index in [-0.39, 0.29) is 6.10 Å². The van der Waals surface area contributed by atoms with E-state index in [0.717, 1.165) is 37.7 Å². The zero-order chi connectivity index (χ0) is 12.4. The van der Waals surface area contributed by atoms with Crippen molar-refractivity contribution in [2.45, 2.75) is 25.0 Å². The van der Waals surface area contributed by atoms with E-state index in [1.807, 2.05) is 0 Å². The molecule has 0 aliphatic carbocycles. The third-order valence-electron chi connectivity index (χ3n) is 3.43. The molecular formula is C11H19N5O2. The van der Waals surface area contributed by atoms with Gasteiger partial charge in [0.05, 0.1) is 19.8 Å². The summed E-state index contributed by atoms with van der Waals surface area (Å²) in [4.78, 5) is 6.66. The Morgan fingerprint density at radius 2 is 2.11 bits per heavy atom. The fourth-order valence-electron chi connectivity index (χ4n) is 2.30. The summed E-state index contributed by atoms with van der Waals surface area (Å²) in [5.74, 6) is 1.49. The van der Waals surface area contributed by atoms with Gasteiger partial charge in [0.25, 0.3) is 0 Å². The van der Waals surface area contributed by atoms with Crippen LogP contribution < -0.4 is 10.6 Å². The summed E-state index contributed by atoms with van der Waals surface area (Å²) in [6.07, 6.45) is 1.87. The highest BCUT2D eigenvalue weighted by Crippen LogP contribution is 2.20. The Balaban J connectivity index is 1.65. The first-order valence-electron chi connectivity index (χ1n) is 6.45. The van der Waals surface area contributed by atoms with Gasteiger partial charge >= 0.3 is 0 Å². The number of aromatic amines is 1. The smallest absolute Gasteiger partial charge is 0.244 e. The number of H-pyrrole nitrogens is 1. The average molecular weight is 253 g/mol. The van der Waals surface area contributed by atoms with Crippen LogP contribution in [0.5, 0.6) is 0 Å². The fourth-order valence-corrected chi connectivity index (χ4v) is 2.30. The van der Waals surface area contributed by atoms with Gasteiger partial charge in [-0.2, -0.15) is 4.98 Å². The number of hydrogen-bond donors (Lipinski definition) is 2. The molecule has 0 amide bonds. The van der Waals surface area contributed by atoms with Crippen molar-refractivity contribution >= 4 is 5.95 Å². The van der Waals surface area contributed by atoms with Crippen LogP contribution in [0.4, 0.5) is 5.95 Å². The van der Waals surface area contributed by atoms with E-state index < -0.39 is 0 Å². The molecule has 18 heavy (non-hydrogen) atoms. The minimum Gasteiger partial charge on any atom is -0.376 e. The van der Waals surface area contributed by atoms with E-state index in [0.29, 0.717) is 25.9 Å². The zero-order valence-electron chi connectivity index (χ0n) is 10.3. The Labute approximate surface area is 106 Å². The summed E-state index contributed by atoms with van der Waals surface area (Å²) in [6, 6.07) is 0.315. The highest BCUT2D eigenvalue weighted by atomic mass is 16.6. The molecule has 7 heteroatoms. The molecule has 0 aromatic carbocycles. The summed E-state index contributed by atoms with van der Waals surface area (Å²) >= 11 is 0. The molecule has 0 saturated carbocycles. The first kappa shape index (κ1) is 11.9. The van der Waals surface area contributed by atoms with Crippen LogP contribution in [0.3, 0.4) is 0 Å². The number of rotatable bonds is 2. The highest BCUT2D eigenvalue weighted by molar-refractivity contribution is 5.29. The SMILES string of the molecule is NC1CCN(c2n[nH]c(C3COCCO3)n2)CC1. The van der Waals surface area contributed by atoms with Gasteiger partial charge in [-0.1, -0.05) is 0 Å². The molecular weight excluding hydrogens is 234 g/mol. The summed E-state index contributed by atoms with van der Waals surface area (Å²) in [7, 11) is 0. The number of aromatic nitrogens is 3. The van der Waals surface area contributed by atoms with Gasteiger partial charge in [-0.05, 0) is 12.8 Å². The Morgan fingerprint density at radius 3 is 2.83 bits per heavy atom. The minimum atomic E-state index is -0.118. The molecule has 0 spiro atoms. The van der Waals surface area contributed by atoms with Crippen LogP contribution in [0.25, 0.3) is 0 Å². The average Bonchev–Trinajstić information content (AvgIpc) is 2.90. The molecule has 2 aliphatic heterocycles. The van der Waals surface area contributed by atoms with Crippen LogP contribution in [0.15, 0.2) is 0 Å². The summed E-state index contributed by atoms with van der Waals surface area (Å²) in [6.45, 7) is 3.64. The van der Waals surface area contributed by atoms with E-state index in [9.17, 15) is 0 Å². The monoisotopic (exact) mass is 253 g/mol. The van der Waals surface area contributed by atoms with Gasteiger partial charge in [0.2, 0.25) is 5.95 Å². The maximum atomic E-state index is 5.89. The maximum Gasteiger partial charge on any atom is 0.244 e. The predicted octanol–water partition coefficient (Wildman–Crippen LogP) is -0.180. The molecule has 2 aliphatic rings. The van der Waals surface area contributed by atoms with Crippen molar-refractivity contribution in [1.29, 1.82) is 0 Å². The van der Waals surface area contributed by atoms with E-state index in [4.69, 9.17) is 15.2 Å². The molecule has 3 heterocycles. The molecule has 0 radical (unpaired) electrons. The fraction of sp³-hybridized carbons (Fsp3) is 0.818. The van der Waals surface area contributed by atoms with E-state index >= 15 is 0 Å². The summed E-state index contributed by atoms with van der Waals surface area (Å²) < 4.78 is 10.9. The predicted molar refractivity (Wildman–Crippen MR) is 65.3 cm³/mol. The topological polar surface area (TPSA) is 89.3 Å². The van der Waals surface area contributed by atoms with E-state index in [2.05, 4.69) is 20.1 Å². The lowest BCUT2D eigenvalue weighted by atomic mass is 10.1. The Morgan fingerprint density at radius 1 is 1.28 bits per heavy atom. The van der Waals surface area contributed by atoms with Crippen molar-refractivity contribution in [2.75, 3.05) is 37.8 Å². The number of ether oxygens (including phenoxy) is 2. The standard InChI is InChI=1S/C11H19N5O2/c12-8-1-3-16(4-2-8)11-13-10(14-15-11)9-7-17-5-6-18-9/h8-9H,1-7,12H2,(H,13,14,15). The molecule has 1 aromatic heterocycles. The third kappa shape index (κ3) is 2.47. The minimum absolute atomic E-state index is 0.118. The lowest BCUT2D eigenvalue weighted by Crippen LogP contribution is -2.40.